The number of nitrogens with zero attached hydrogens (tertiary/aromatic N) is 1. The summed E-state index contributed by atoms with van der Waals surface area (Å²) in [5, 5.41) is 12.8. The molecule has 2 amide bonds. The van der Waals surface area contributed by atoms with Gasteiger partial charge in [0.15, 0.2) is 0 Å². The van der Waals surface area contributed by atoms with E-state index in [1.807, 2.05) is 24.3 Å². The molecular formula is C28H32N2O5. The maximum Gasteiger partial charge on any atom is 0.408 e. The van der Waals surface area contributed by atoms with Crippen LogP contribution in [0.1, 0.15) is 68.4 Å². The van der Waals surface area contributed by atoms with Crippen molar-refractivity contribution in [3.8, 4) is 11.1 Å². The number of fused-ring (bicyclic) bond motifs is 3. The van der Waals surface area contributed by atoms with Crippen LogP contribution in [0.15, 0.2) is 48.5 Å². The van der Waals surface area contributed by atoms with E-state index in [0.717, 1.165) is 47.9 Å². The van der Waals surface area contributed by atoms with Crippen LogP contribution in [0.2, 0.25) is 0 Å². The Hall–Kier alpha value is -3.35. The van der Waals surface area contributed by atoms with E-state index in [1.165, 1.54) is 4.90 Å². The Bertz CT molecular complexity index is 1100. The quantitative estimate of drug-likeness (QED) is 0.630. The summed E-state index contributed by atoms with van der Waals surface area (Å²) in [5.74, 6) is -1.37. The van der Waals surface area contributed by atoms with Crippen molar-refractivity contribution in [1.29, 1.82) is 0 Å². The number of hydrogen-bond donors (Lipinski definition) is 2. The summed E-state index contributed by atoms with van der Waals surface area (Å²) in [5.41, 5.74) is 2.23. The molecule has 2 N–H and O–H groups in total. The highest BCUT2D eigenvalue weighted by molar-refractivity contribution is 5.95. The van der Waals surface area contributed by atoms with Crippen LogP contribution in [0.3, 0.4) is 0 Å². The van der Waals surface area contributed by atoms with Gasteiger partial charge in [-0.15, -0.1) is 0 Å². The number of aliphatic carboxylic acids is 1. The van der Waals surface area contributed by atoms with E-state index >= 15 is 0 Å². The molecule has 3 aliphatic rings. The molecule has 7 nitrogen and oxygen atoms in total. The lowest BCUT2D eigenvalue weighted by atomic mass is 9.73. The number of alkyl carbamates (subject to hydrolysis) is 1. The van der Waals surface area contributed by atoms with Gasteiger partial charge in [0.2, 0.25) is 5.91 Å². The summed E-state index contributed by atoms with van der Waals surface area (Å²) < 4.78 is 5.68. The molecule has 0 radical (unpaired) electrons. The molecule has 5 rings (SSSR count). The van der Waals surface area contributed by atoms with Gasteiger partial charge < -0.3 is 20.1 Å². The molecular weight excluding hydrogens is 444 g/mol. The Kier molecular flexibility index (Phi) is 6.03. The molecule has 0 bridgehead atoms. The topological polar surface area (TPSA) is 95.9 Å². The molecule has 0 heterocycles. The van der Waals surface area contributed by atoms with Crippen molar-refractivity contribution in [1.82, 2.24) is 10.2 Å². The standard InChI is InChI=1S/C28H32N2O5/c1-30(28(25(32)33)16-7-2-8-17-28)24(31)27(14-9-15-27)29-26(34)35-18-23-21-12-5-3-10-19(21)20-11-4-6-13-22(20)23/h3-6,10-13,23H,2,7-9,14-18H2,1H3,(H,29,34)(H,32,33). The van der Waals surface area contributed by atoms with E-state index in [2.05, 4.69) is 29.6 Å². The first kappa shape index (κ1) is 23.4. The predicted molar refractivity (Wildman–Crippen MR) is 131 cm³/mol. The van der Waals surface area contributed by atoms with Gasteiger partial charge in [0, 0.05) is 13.0 Å². The van der Waals surface area contributed by atoms with Crippen molar-refractivity contribution in [2.75, 3.05) is 13.7 Å². The number of rotatable bonds is 6. The fourth-order valence-electron chi connectivity index (χ4n) is 6.10. The van der Waals surface area contributed by atoms with Crippen molar-refractivity contribution in [3.63, 3.8) is 0 Å². The second kappa shape index (κ2) is 9.02. The average Bonchev–Trinajstić information content (AvgIpc) is 3.18. The second-order valence-corrected chi connectivity index (χ2v) is 10.1. The fourth-order valence-corrected chi connectivity index (χ4v) is 6.10. The Morgan fingerprint density at radius 2 is 1.49 bits per heavy atom. The number of benzene rings is 2. The molecule has 184 valence electrons. The lowest BCUT2D eigenvalue weighted by Gasteiger charge is -2.48. The number of ether oxygens (including phenoxy) is 1. The van der Waals surface area contributed by atoms with E-state index < -0.39 is 23.1 Å². The van der Waals surface area contributed by atoms with Crippen molar-refractivity contribution in [3.05, 3.63) is 59.7 Å². The Labute approximate surface area is 205 Å². The lowest BCUT2D eigenvalue weighted by Crippen LogP contribution is -2.68. The minimum atomic E-state index is -1.21. The third-order valence-electron chi connectivity index (χ3n) is 8.33. The number of likely N-dealkylation sites (N-methyl/N-ethyl adjacent to an activating group) is 1. The smallest absolute Gasteiger partial charge is 0.408 e. The normalized spacial score (nSPS) is 19.6. The summed E-state index contributed by atoms with van der Waals surface area (Å²) in [7, 11) is 1.57. The minimum Gasteiger partial charge on any atom is -0.479 e. The lowest BCUT2D eigenvalue weighted by molar-refractivity contribution is -0.164. The van der Waals surface area contributed by atoms with Gasteiger partial charge in [-0.25, -0.2) is 9.59 Å². The number of carbonyl (C=O) groups excluding carboxylic acids is 2. The van der Waals surface area contributed by atoms with Crippen LogP contribution in [0.5, 0.6) is 0 Å². The molecule has 7 heteroatoms. The number of carbonyl (C=O) groups is 3. The molecule has 2 aromatic carbocycles. The summed E-state index contributed by atoms with van der Waals surface area (Å²) in [6, 6.07) is 16.3. The van der Waals surface area contributed by atoms with E-state index in [1.54, 1.807) is 7.05 Å². The first-order valence-corrected chi connectivity index (χ1v) is 12.5. The zero-order chi connectivity index (χ0) is 24.6. The monoisotopic (exact) mass is 476 g/mol. The van der Waals surface area contributed by atoms with Crippen molar-refractivity contribution < 1.29 is 24.2 Å². The molecule has 0 unspecified atom stereocenters. The van der Waals surface area contributed by atoms with Gasteiger partial charge in [-0.2, -0.15) is 0 Å². The van der Waals surface area contributed by atoms with E-state index in [0.29, 0.717) is 25.7 Å². The average molecular weight is 477 g/mol. The maximum absolute atomic E-state index is 13.6. The van der Waals surface area contributed by atoms with Gasteiger partial charge in [-0.05, 0) is 54.4 Å². The van der Waals surface area contributed by atoms with Crippen LogP contribution in [0, 0.1) is 0 Å². The van der Waals surface area contributed by atoms with Gasteiger partial charge in [0.05, 0.1) is 0 Å². The molecule has 2 saturated carbocycles. The first-order valence-electron chi connectivity index (χ1n) is 12.5. The third-order valence-corrected chi connectivity index (χ3v) is 8.33. The van der Waals surface area contributed by atoms with Crippen LogP contribution < -0.4 is 5.32 Å². The van der Waals surface area contributed by atoms with Crippen LogP contribution in [-0.2, 0) is 14.3 Å². The molecule has 2 fully saturated rings. The maximum atomic E-state index is 13.6. The number of carboxylic acids is 1. The van der Waals surface area contributed by atoms with Gasteiger partial charge in [0.25, 0.3) is 0 Å². The summed E-state index contributed by atoms with van der Waals surface area (Å²) in [6.07, 6.45) is 4.52. The zero-order valence-corrected chi connectivity index (χ0v) is 20.1. The largest absolute Gasteiger partial charge is 0.479 e. The summed E-state index contributed by atoms with van der Waals surface area (Å²) in [6.45, 7) is 0.166. The number of hydrogen-bond acceptors (Lipinski definition) is 4. The number of nitrogens with one attached hydrogen (secondary N) is 1. The van der Waals surface area contributed by atoms with Gasteiger partial charge in [0.1, 0.15) is 17.7 Å². The highest BCUT2D eigenvalue weighted by Crippen LogP contribution is 2.45. The summed E-state index contributed by atoms with van der Waals surface area (Å²) in [4.78, 5) is 40.1. The summed E-state index contributed by atoms with van der Waals surface area (Å²) >= 11 is 0. The minimum absolute atomic E-state index is 0.0682. The van der Waals surface area contributed by atoms with Crippen LogP contribution in [-0.4, -0.2) is 52.7 Å². The Morgan fingerprint density at radius 1 is 0.914 bits per heavy atom. The first-order chi connectivity index (χ1) is 16.9. The molecule has 0 aliphatic heterocycles. The number of carboxylic acid groups (broad SMARTS) is 1. The van der Waals surface area contributed by atoms with E-state index in [9.17, 15) is 19.5 Å². The predicted octanol–water partition coefficient (Wildman–Crippen LogP) is 4.69. The second-order valence-electron chi connectivity index (χ2n) is 10.1. The Morgan fingerprint density at radius 3 is 2.00 bits per heavy atom. The van der Waals surface area contributed by atoms with E-state index in [4.69, 9.17) is 4.74 Å². The molecule has 3 aliphatic carbocycles. The molecule has 0 atom stereocenters. The zero-order valence-electron chi connectivity index (χ0n) is 20.1. The molecule has 0 saturated heterocycles. The van der Waals surface area contributed by atoms with Crippen LogP contribution >= 0.6 is 0 Å². The molecule has 2 aromatic rings. The molecule has 0 spiro atoms. The fraction of sp³-hybridized carbons (Fsp3) is 0.464. The van der Waals surface area contributed by atoms with Crippen LogP contribution in [0.4, 0.5) is 4.79 Å². The molecule has 0 aromatic heterocycles. The van der Waals surface area contributed by atoms with Crippen molar-refractivity contribution in [2.45, 2.75) is 68.4 Å². The van der Waals surface area contributed by atoms with Crippen molar-refractivity contribution in [2.24, 2.45) is 0 Å². The van der Waals surface area contributed by atoms with Gasteiger partial charge in [-0.3, -0.25) is 4.79 Å². The number of amides is 2. The molecule has 35 heavy (non-hydrogen) atoms. The SMILES string of the molecule is CN(C(=O)C1(NC(=O)OCC2c3ccccc3-c3ccccc32)CCC1)C1(C(=O)O)CCCCC1. The van der Waals surface area contributed by atoms with Crippen LogP contribution in [0.25, 0.3) is 11.1 Å². The van der Waals surface area contributed by atoms with Gasteiger partial charge in [-0.1, -0.05) is 67.8 Å². The highest BCUT2D eigenvalue weighted by atomic mass is 16.5. The van der Waals surface area contributed by atoms with Gasteiger partial charge >= 0.3 is 12.1 Å². The van der Waals surface area contributed by atoms with E-state index in [-0.39, 0.29) is 18.4 Å². The highest BCUT2D eigenvalue weighted by Gasteiger charge is 2.54. The Balaban J connectivity index is 1.29. The van der Waals surface area contributed by atoms with Crippen molar-refractivity contribution >= 4 is 18.0 Å². The third kappa shape index (κ3) is 3.87.